The van der Waals surface area contributed by atoms with E-state index in [0.29, 0.717) is 11.1 Å². The molecule has 6 heteroatoms. The van der Waals surface area contributed by atoms with Gasteiger partial charge in [0.1, 0.15) is 17.4 Å². The van der Waals surface area contributed by atoms with Crippen LogP contribution in [0.25, 0.3) is 0 Å². The van der Waals surface area contributed by atoms with Gasteiger partial charge < -0.3 is 15.2 Å². The first kappa shape index (κ1) is 15.1. The van der Waals surface area contributed by atoms with Gasteiger partial charge in [0.25, 0.3) is 0 Å². The zero-order valence-corrected chi connectivity index (χ0v) is 12.1. The Balaban J connectivity index is 2.62. The summed E-state index contributed by atoms with van der Waals surface area (Å²) in [6.07, 6.45) is 0. The Labute approximate surface area is 127 Å². The molecule has 0 radical (unpaired) electrons. The van der Waals surface area contributed by atoms with Gasteiger partial charge in [-0.25, -0.2) is 4.79 Å². The fourth-order valence-corrected chi connectivity index (χ4v) is 2.34. The van der Waals surface area contributed by atoms with Crippen LogP contribution in [0.5, 0.6) is 0 Å². The predicted octanol–water partition coefficient (Wildman–Crippen LogP) is 1.81. The molecule has 110 valence electrons. The van der Waals surface area contributed by atoms with Crippen LogP contribution in [0, 0.1) is 22.7 Å². The second kappa shape index (κ2) is 6.02. The van der Waals surface area contributed by atoms with E-state index >= 15 is 0 Å². The Morgan fingerprint density at radius 1 is 1.27 bits per heavy atom. The van der Waals surface area contributed by atoms with Crippen molar-refractivity contribution in [2.75, 3.05) is 7.11 Å². The second-order valence-corrected chi connectivity index (χ2v) is 4.62. The van der Waals surface area contributed by atoms with E-state index in [2.05, 4.69) is 0 Å². The molecule has 1 aromatic rings. The molecule has 0 amide bonds. The summed E-state index contributed by atoms with van der Waals surface area (Å²) in [4.78, 5) is 12.1. The Morgan fingerprint density at radius 3 is 2.41 bits per heavy atom. The van der Waals surface area contributed by atoms with Crippen molar-refractivity contribution in [1.29, 1.82) is 10.5 Å². The summed E-state index contributed by atoms with van der Waals surface area (Å²) in [6, 6.07) is 10.6. The van der Waals surface area contributed by atoms with Gasteiger partial charge in [-0.1, -0.05) is 12.1 Å². The quantitative estimate of drug-likeness (QED) is 0.833. The van der Waals surface area contributed by atoms with Crippen molar-refractivity contribution in [3.05, 3.63) is 58.2 Å². The van der Waals surface area contributed by atoms with E-state index in [0.717, 1.165) is 0 Å². The van der Waals surface area contributed by atoms with Gasteiger partial charge in [-0.2, -0.15) is 10.5 Å². The van der Waals surface area contributed by atoms with Crippen LogP contribution in [0.4, 0.5) is 0 Å². The van der Waals surface area contributed by atoms with Crippen LogP contribution in [-0.4, -0.2) is 13.1 Å². The SMILES string of the molecule is COC(=O)C1=C(C)OC(N)=C(C#N)[C@@H]1c1ccc(C#N)cc1. The van der Waals surface area contributed by atoms with Gasteiger partial charge in [-0.05, 0) is 24.6 Å². The topological polar surface area (TPSA) is 109 Å². The molecule has 0 fully saturated rings. The van der Waals surface area contributed by atoms with Crippen molar-refractivity contribution < 1.29 is 14.3 Å². The maximum Gasteiger partial charge on any atom is 0.338 e. The number of nitriles is 2. The average molecular weight is 295 g/mol. The number of carbonyl (C=O) groups excluding carboxylic acids is 1. The first-order valence-corrected chi connectivity index (χ1v) is 6.40. The molecule has 0 unspecified atom stereocenters. The minimum absolute atomic E-state index is 0.0398. The van der Waals surface area contributed by atoms with Gasteiger partial charge in [0.15, 0.2) is 0 Å². The molecule has 0 aliphatic carbocycles. The van der Waals surface area contributed by atoms with E-state index in [-0.39, 0.29) is 22.8 Å². The fraction of sp³-hybridized carbons (Fsp3) is 0.188. The predicted molar refractivity (Wildman–Crippen MR) is 76.5 cm³/mol. The Kier molecular flexibility index (Phi) is 4.15. The third-order valence-electron chi connectivity index (χ3n) is 3.38. The molecule has 2 rings (SSSR count). The van der Waals surface area contributed by atoms with Crippen LogP contribution in [0.3, 0.4) is 0 Å². The summed E-state index contributed by atoms with van der Waals surface area (Å²) >= 11 is 0. The number of ether oxygens (including phenoxy) is 2. The highest BCUT2D eigenvalue weighted by Gasteiger charge is 2.35. The van der Waals surface area contributed by atoms with Crippen molar-refractivity contribution >= 4 is 5.97 Å². The maximum absolute atomic E-state index is 12.1. The summed E-state index contributed by atoms with van der Waals surface area (Å²) in [5, 5.41) is 18.2. The molecule has 1 atom stereocenters. The largest absolute Gasteiger partial charge is 0.466 e. The minimum atomic E-state index is -0.682. The Morgan fingerprint density at radius 2 is 1.91 bits per heavy atom. The average Bonchev–Trinajstić information content (AvgIpc) is 2.53. The molecule has 0 spiro atoms. The van der Waals surface area contributed by atoms with Crippen LogP contribution in [0.15, 0.2) is 47.1 Å². The van der Waals surface area contributed by atoms with Gasteiger partial charge in [0.2, 0.25) is 5.88 Å². The molecule has 6 nitrogen and oxygen atoms in total. The van der Waals surface area contributed by atoms with Gasteiger partial charge in [0.05, 0.1) is 30.2 Å². The number of nitrogens with two attached hydrogens (primary N) is 1. The molecule has 1 aromatic carbocycles. The van der Waals surface area contributed by atoms with Gasteiger partial charge in [0, 0.05) is 0 Å². The number of rotatable bonds is 2. The first-order chi connectivity index (χ1) is 10.5. The Bertz CT molecular complexity index is 761. The number of hydrogen-bond acceptors (Lipinski definition) is 6. The molecule has 0 saturated heterocycles. The van der Waals surface area contributed by atoms with Crippen LogP contribution < -0.4 is 5.73 Å². The highest BCUT2D eigenvalue weighted by atomic mass is 16.5. The molecule has 1 aliphatic rings. The van der Waals surface area contributed by atoms with E-state index in [1.54, 1.807) is 31.2 Å². The maximum atomic E-state index is 12.1. The lowest BCUT2D eigenvalue weighted by Crippen LogP contribution is -2.25. The molecular formula is C16H13N3O3. The van der Waals surface area contributed by atoms with Gasteiger partial charge >= 0.3 is 5.97 Å². The fourth-order valence-electron chi connectivity index (χ4n) is 2.34. The number of hydrogen-bond donors (Lipinski definition) is 1. The van der Waals surface area contributed by atoms with Gasteiger partial charge in [-0.15, -0.1) is 0 Å². The lowest BCUT2D eigenvalue weighted by molar-refractivity contribution is -0.136. The van der Waals surface area contributed by atoms with Crippen molar-refractivity contribution in [3.8, 4) is 12.1 Å². The second-order valence-electron chi connectivity index (χ2n) is 4.62. The number of carbonyl (C=O) groups is 1. The minimum Gasteiger partial charge on any atom is -0.466 e. The van der Waals surface area contributed by atoms with E-state index in [1.807, 2.05) is 12.1 Å². The number of methoxy groups -OCH3 is 1. The van der Waals surface area contributed by atoms with Crippen molar-refractivity contribution in [1.82, 2.24) is 0 Å². The highest BCUT2D eigenvalue weighted by Crippen LogP contribution is 2.39. The number of allylic oxidation sites excluding steroid dienone is 2. The molecule has 0 bridgehead atoms. The summed E-state index contributed by atoms with van der Waals surface area (Å²) < 4.78 is 10.1. The third kappa shape index (κ3) is 2.50. The summed E-state index contributed by atoms with van der Waals surface area (Å²) in [7, 11) is 1.26. The van der Waals surface area contributed by atoms with Crippen molar-refractivity contribution in [2.24, 2.45) is 5.73 Å². The van der Waals surface area contributed by atoms with Gasteiger partial charge in [-0.3, -0.25) is 0 Å². The highest BCUT2D eigenvalue weighted by molar-refractivity contribution is 5.92. The first-order valence-electron chi connectivity index (χ1n) is 6.40. The van der Waals surface area contributed by atoms with E-state index in [9.17, 15) is 10.1 Å². The normalized spacial score (nSPS) is 17.4. The molecule has 22 heavy (non-hydrogen) atoms. The number of esters is 1. The van der Waals surface area contributed by atoms with E-state index in [4.69, 9.17) is 20.5 Å². The lowest BCUT2D eigenvalue weighted by Gasteiger charge is -2.26. The smallest absolute Gasteiger partial charge is 0.338 e. The zero-order valence-electron chi connectivity index (χ0n) is 12.1. The van der Waals surface area contributed by atoms with Crippen LogP contribution in [0.1, 0.15) is 24.0 Å². The summed E-state index contributed by atoms with van der Waals surface area (Å²) in [5.74, 6) is -1.02. The molecule has 1 heterocycles. The Hall–Kier alpha value is -3.25. The van der Waals surface area contributed by atoms with Crippen molar-refractivity contribution in [2.45, 2.75) is 12.8 Å². The van der Waals surface area contributed by atoms with Crippen LogP contribution >= 0.6 is 0 Å². The summed E-state index contributed by atoms with van der Waals surface area (Å²) in [5.41, 5.74) is 7.25. The molecule has 1 aliphatic heterocycles. The van der Waals surface area contributed by atoms with Crippen molar-refractivity contribution in [3.63, 3.8) is 0 Å². The van der Waals surface area contributed by atoms with E-state index in [1.165, 1.54) is 7.11 Å². The number of benzene rings is 1. The standard InChI is InChI=1S/C16H13N3O3/c1-9-13(16(20)21-2)14(12(8-18)15(19)22-9)11-5-3-10(7-17)4-6-11/h3-6,14H,19H2,1-2H3/t14-/m0/s1. The van der Waals surface area contributed by atoms with Crippen LogP contribution in [0.2, 0.25) is 0 Å². The third-order valence-corrected chi connectivity index (χ3v) is 3.38. The van der Waals surface area contributed by atoms with Crippen LogP contribution in [-0.2, 0) is 14.3 Å². The van der Waals surface area contributed by atoms with E-state index < -0.39 is 11.9 Å². The molecule has 0 aromatic heterocycles. The number of nitrogens with zero attached hydrogens (tertiary/aromatic N) is 2. The molecule has 0 saturated carbocycles. The zero-order chi connectivity index (χ0) is 16.3. The monoisotopic (exact) mass is 295 g/mol. The summed E-state index contributed by atoms with van der Waals surface area (Å²) in [6.45, 7) is 1.59. The lowest BCUT2D eigenvalue weighted by atomic mass is 9.83. The molecule has 2 N–H and O–H groups in total. The molecular weight excluding hydrogens is 282 g/mol.